The molecule has 1 aliphatic carbocycles. The average Bonchev–Trinajstić information content (AvgIpc) is 2.67. The van der Waals surface area contributed by atoms with E-state index >= 15 is 0 Å². The molecule has 0 aliphatic heterocycles. The first-order valence-corrected chi connectivity index (χ1v) is 7.75. The van der Waals surface area contributed by atoms with Crippen molar-refractivity contribution in [1.29, 1.82) is 0 Å². The maximum absolute atomic E-state index is 6.58. The third kappa shape index (κ3) is 3.80. The van der Waals surface area contributed by atoms with Gasteiger partial charge in [-0.25, -0.2) is 0 Å². The molecule has 1 aromatic rings. The Hall–Kier alpha value is -1.45. The van der Waals surface area contributed by atoms with E-state index in [2.05, 4.69) is 48.1 Å². The molecule has 0 saturated heterocycles. The molecule has 0 spiro atoms. The van der Waals surface area contributed by atoms with Crippen LogP contribution < -0.4 is 5.32 Å². The minimum Gasteiger partial charge on any atom is -0.346 e. The van der Waals surface area contributed by atoms with Crippen LogP contribution in [-0.4, -0.2) is 13.4 Å². The van der Waals surface area contributed by atoms with Gasteiger partial charge in [0.05, 0.1) is 12.0 Å². The lowest BCUT2D eigenvalue weighted by Crippen LogP contribution is -1.98. The molecule has 1 unspecified atom stereocenters. The van der Waals surface area contributed by atoms with Gasteiger partial charge in [0.1, 0.15) is 0 Å². The number of nitrogens with zero attached hydrogens (tertiary/aromatic N) is 1. The number of halogens is 1. The molecule has 4 heteroatoms. The second-order valence-electron chi connectivity index (χ2n) is 4.78. The van der Waals surface area contributed by atoms with E-state index in [1.807, 2.05) is 24.3 Å². The van der Waals surface area contributed by atoms with Gasteiger partial charge in [-0.05, 0) is 29.7 Å². The predicted octanol–water partition coefficient (Wildman–Crippen LogP) is 5.15. The summed E-state index contributed by atoms with van der Waals surface area (Å²) < 4.78 is 0. The number of hydrogen-bond acceptors (Lipinski definition) is 2. The van der Waals surface area contributed by atoms with Crippen LogP contribution in [0.3, 0.4) is 0 Å². The third-order valence-electron chi connectivity index (χ3n) is 3.40. The van der Waals surface area contributed by atoms with Crippen molar-refractivity contribution in [3.05, 3.63) is 53.1 Å². The van der Waals surface area contributed by atoms with Crippen molar-refractivity contribution in [2.45, 2.75) is 18.2 Å². The van der Waals surface area contributed by atoms with E-state index in [9.17, 15) is 0 Å². The number of benzene rings is 1. The third-order valence-corrected chi connectivity index (χ3v) is 4.25. The lowest BCUT2D eigenvalue weighted by atomic mass is 9.98. The van der Waals surface area contributed by atoms with Gasteiger partial charge in [0.2, 0.25) is 0 Å². The van der Waals surface area contributed by atoms with E-state index in [0.717, 1.165) is 33.2 Å². The van der Waals surface area contributed by atoms with E-state index in [1.54, 1.807) is 13.4 Å². The molecule has 2 nitrogen and oxygen atoms in total. The van der Waals surface area contributed by atoms with Gasteiger partial charge in [-0.1, -0.05) is 48.9 Å². The molecule has 0 bridgehead atoms. The van der Waals surface area contributed by atoms with E-state index < -0.39 is 0 Å². The molecule has 1 atom stereocenters. The van der Waals surface area contributed by atoms with E-state index in [-0.39, 0.29) is 5.92 Å². The molecule has 110 valence electrons. The van der Waals surface area contributed by atoms with Crippen LogP contribution in [0.5, 0.6) is 0 Å². The van der Waals surface area contributed by atoms with Crippen molar-refractivity contribution in [3.8, 4) is 0 Å². The number of anilines is 1. The Bertz CT molecular complexity index is 630. The van der Waals surface area contributed by atoms with E-state index in [1.165, 1.54) is 0 Å². The summed E-state index contributed by atoms with van der Waals surface area (Å²) in [6.45, 7) is 2.14. The maximum atomic E-state index is 6.58. The second kappa shape index (κ2) is 7.53. The zero-order valence-electron chi connectivity index (χ0n) is 12.2. The summed E-state index contributed by atoms with van der Waals surface area (Å²) in [5, 5.41) is 3.97. The van der Waals surface area contributed by atoms with Gasteiger partial charge in [0.25, 0.3) is 0 Å². The fourth-order valence-electron chi connectivity index (χ4n) is 2.22. The molecular weight excluding hydrogens is 300 g/mol. The summed E-state index contributed by atoms with van der Waals surface area (Å²) in [7, 11) is 1.72. The molecule has 0 aromatic heterocycles. The van der Waals surface area contributed by atoms with Crippen LogP contribution in [0.4, 0.5) is 5.69 Å². The van der Waals surface area contributed by atoms with Crippen LogP contribution in [0.1, 0.15) is 18.9 Å². The Kier molecular flexibility index (Phi) is 5.71. The molecule has 21 heavy (non-hydrogen) atoms. The fourth-order valence-corrected chi connectivity index (χ4v) is 2.90. The van der Waals surface area contributed by atoms with Gasteiger partial charge in [-0.2, -0.15) is 0 Å². The Balaban J connectivity index is 2.39. The number of hydrogen-bond donors (Lipinski definition) is 2. The van der Waals surface area contributed by atoms with Crippen LogP contribution in [0, 0.1) is 5.92 Å². The molecule has 0 fully saturated rings. The highest BCUT2D eigenvalue weighted by Crippen LogP contribution is 2.34. The van der Waals surface area contributed by atoms with Gasteiger partial charge >= 0.3 is 0 Å². The predicted molar refractivity (Wildman–Crippen MR) is 96.6 cm³/mol. The number of rotatable bonds is 4. The van der Waals surface area contributed by atoms with Crippen LogP contribution >= 0.6 is 24.2 Å². The van der Waals surface area contributed by atoms with Crippen LogP contribution in [0.25, 0.3) is 5.57 Å². The van der Waals surface area contributed by atoms with Gasteiger partial charge in [-0.15, -0.1) is 12.6 Å². The summed E-state index contributed by atoms with van der Waals surface area (Å²) >= 11 is 11.1. The lowest BCUT2D eigenvalue weighted by molar-refractivity contribution is 0.763. The fraction of sp³-hybridized carbons (Fsp3) is 0.235. The molecule has 1 N–H and O–H groups in total. The minimum absolute atomic E-state index is 0.269. The average molecular weight is 319 g/mol. The van der Waals surface area contributed by atoms with Crippen molar-refractivity contribution < 1.29 is 0 Å². The Labute approximate surface area is 136 Å². The molecule has 0 saturated carbocycles. The first kappa shape index (κ1) is 15.9. The Morgan fingerprint density at radius 2 is 2.19 bits per heavy atom. The highest BCUT2D eigenvalue weighted by Gasteiger charge is 2.15. The van der Waals surface area contributed by atoms with Crippen molar-refractivity contribution in [2.75, 3.05) is 12.4 Å². The van der Waals surface area contributed by atoms with E-state index in [4.69, 9.17) is 11.6 Å². The quantitative estimate of drug-likeness (QED) is 0.448. The van der Waals surface area contributed by atoms with Crippen molar-refractivity contribution in [1.82, 2.24) is 0 Å². The second-order valence-corrected chi connectivity index (χ2v) is 5.67. The molecule has 0 amide bonds. The smallest absolute Gasteiger partial charge is 0.0864 e. The topological polar surface area (TPSA) is 24.4 Å². The summed E-state index contributed by atoms with van der Waals surface area (Å²) in [5.41, 5.74) is 3.05. The van der Waals surface area contributed by atoms with Gasteiger partial charge < -0.3 is 5.32 Å². The molecule has 0 radical (unpaired) electrons. The molecule has 0 heterocycles. The van der Waals surface area contributed by atoms with E-state index in [0.29, 0.717) is 0 Å². The Morgan fingerprint density at radius 1 is 1.38 bits per heavy atom. The van der Waals surface area contributed by atoms with Gasteiger partial charge in [-0.3, -0.25) is 4.99 Å². The van der Waals surface area contributed by atoms with Crippen molar-refractivity contribution in [2.24, 2.45) is 10.9 Å². The number of nitrogens with one attached hydrogen (secondary N) is 1. The first-order chi connectivity index (χ1) is 10.2. The standard InChI is InChI=1S/C17H19ClN2S/c1-3-12-6-4-5-7-14(17(12)18)13-8-9-15(16(21)10-13)20-11-19-2/h4-12,21H,3H2,1-2H3,(H,19,20). The van der Waals surface area contributed by atoms with Gasteiger partial charge in [0.15, 0.2) is 0 Å². The largest absolute Gasteiger partial charge is 0.346 e. The number of thiol groups is 1. The summed E-state index contributed by atoms with van der Waals surface area (Å²) in [5.74, 6) is 0.269. The summed E-state index contributed by atoms with van der Waals surface area (Å²) in [6.07, 6.45) is 10.9. The number of allylic oxidation sites excluding steroid dienone is 6. The minimum atomic E-state index is 0.269. The summed E-state index contributed by atoms with van der Waals surface area (Å²) in [4.78, 5) is 4.77. The normalized spacial score (nSPS) is 18.4. The van der Waals surface area contributed by atoms with Crippen LogP contribution in [0.2, 0.25) is 0 Å². The zero-order chi connectivity index (χ0) is 15.2. The van der Waals surface area contributed by atoms with Crippen LogP contribution in [0.15, 0.2) is 57.4 Å². The van der Waals surface area contributed by atoms with Crippen molar-refractivity contribution >= 4 is 41.8 Å². The molecule has 1 aromatic carbocycles. The highest BCUT2D eigenvalue weighted by molar-refractivity contribution is 7.80. The first-order valence-electron chi connectivity index (χ1n) is 6.92. The number of aliphatic imine (C=N–C) groups is 1. The Morgan fingerprint density at radius 3 is 2.86 bits per heavy atom. The lowest BCUT2D eigenvalue weighted by Gasteiger charge is -2.14. The SMILES string of the molecule is CCC1C=CC=CC(c2ccc(NC=NC)c(S)c2)=C1Cl. The van der Waals surface area contributed by atoms with Crippen LogP contribution in [-0.2, 0) is 0 Å². The van der Waals surface area contributed by atoms with Gasteiger partial charge in [0, 0.05) is 22.9 Å². The van der Waals surface area contributed by atoms with Crippen molar-refractivity contribution in [3.63, 3.8) is 0 Å². The molecule has 1 aliphatic rings. The molecular formula is C17H19ClN2S. The monoisotopic (exact) mass is 318 g/mol. The zero-order valence-corrected chi connectivity index (χ0v) is 13.8. The highest BCUT2D eigenvalue weighted by atomic mass is 35.5. The summed E-state index contributed by atoms with van der Waals surface area (Å²) in [6, 6.07) is 6.06. The molecule has 2 rings (SSSR count). The maximum Gasteiger partial charge on any atom is 0.0864 e.